The minimum atomic E-state index is 0.00849. The maximum Gasteiger partial charge on any atom is 0.238 e. The standard InChI is InChI=1S/C19H23N3OS/c1-24-16-9-5-8-15(10-16)21-19(23)13-22-11-17(18(20)12-22)14-6-3-2-4-7-14/h2-10,17-18H,11-13,20H2,1H3,(H,21,23)/t17-,18+/m0/s1. The molecule has 0 unspecified atom stereocenters. The lowest BCUT2D eigenvalue weighted by atomic mass is 9.95. The van der Waals surface area contributed by atoms with Crippen molar-refractivity contribution in [2.24, 2.45) is 5.73 Å². The Kier molecular flexibility index (Phi) is 5.56. The highest BCUT2D eigenvalue weighted by Crippen LogP contribution is 2.26. The van der Waals surface area contributed by atoms with Crippen molar-refractivity contribution in [1.82, 2.24) is 4.90 Å². The van der Waals surface area contributed by atoms with Crippen molar-refractivity contribution in [2.45, 2.75) is 16.9 Å². The third kappa shape index (κ3) is 4.17. The van der Waals surface area contributed by atoms with Crippen LogP contribution >= 0.6 is 11.8 Å². The van der Waals surface area contributed by atoms with Crippen LogP contribution < -0.4 is 11.1 Å². The van der Waals surface area contributed by atoms with E-state index in [1.54, 1.807) is 11.8 Å². The molecule has 1 heterocycles. The number of nitrogens with zero attached hydrogens (tertiary/aromatic N) is 1. The molecule has 1 aliphatic rings. The van der Waals surface area contributed by atoms with Crippen LogP contribution in [0.5, 0.6) is 0 Å². The zero-order valence-corrected chi connectivity index (χ0v) is 14.6. The molecular formula is C19H23N3OS. The Morgan fingerprint density at radius 3 is 2.75 bits per heavy atom. The highest BCUT2D eigenvalue weighted by Gasteiger charge is 2.31. The van der Waals surface area contributed by atoms with Crippen LogP contribution in [0.1, 0.15) is 11.5 Å². The molecule has 1 amide bonds. The fourth-order valence-electron chi connectivity index (χ4n) is 3.20. The number of thioether (sulfide) groups is 1. The van der Waals surface area contributed by atoms with Crippen molar-refractivity contribution in [3.05, 3.63) is 60.2 Å². The highest BCUT2D eigenvalue weighted by atomic mass is 32.2. The zero-order chi connectivity index (χ0) is 16.9. The van der Waals surface area contributed by atoms with E-state index in [0.717, 1.165) is 23.7 Å². The predicted molar refractivity (Wildman–Crippen MR) is 100 cm³/mol. The van der Waals surface area contributed by atoms with Gasteiger partial charge in [-0.2, -0.15) is 0 Å². The second kappa shape index (κ2) is 7.83. The molecule has 0 aromatic heterocycles. The molecule has 126 valence electrons. The SMILES string of the molecule is CSc1cccc(NC(=O)CN2C[C@@H](N)[C@H](c3ccccc3)C2)c1. The largest absolute Gasteiger partial charge is 0.326 e. The molecule has 0 aliphatic carbocycles. The summed E-state index contributed by atoms with van der Waals surface area (Å²) in [4.78, 5) is 15.6. The minimum Gasteiger partial charge on any atom is -0.326 e. The summed E-state index contributed by atoms with van der Waals surface area (Å²) < 4.78 is 0. The van der Waals surface area contributed by atoms with Crippen LogP contribution in [0.2, 0.25) is 0 Å². The maximum absolute atomic E-state index is 12.3. The predicted octanol–water partition coefficient (Wildman–Crippen LogP) is 2.77. The van der Waals surface area contributed by atoms with Crippen LogP contribution in [0.3, 0.4) is 0 Å². The molecule has 1 aliphatic heterocycles. The number of hydrogen-bond donors (Lipinski definition) is 2. The molecule has 2 aromatic carbocycles. The van der Waals surface area contributed by atoms with Gasteiger partial charge in [0.15, 0.2) is 0 Å². The van der Waals surface area contributed by atoms with Crippen LogP contribution in [0.15, 0.2) is 59.5 Å². The number of anilines is 1. The lowest BCUT2D eigenvalue weighted by Crippen LogP contribution is -2.33. The Bertz CT molecular complexity index is 692. The zero-order valence-electron chi connectivity index (χ0n) is 13.8. The van der Waals surface area contributed by atoms with Gasteiger partial charge in [-0.25, -0.2) is 0 Å². The van der Waals surface area contributed by atoms with Gasteiger partial charge in [0, 0.05) is 35.6 Å². The van der Waals surface area contributed by atoms with Gasteiger partial charge in [-0.3, -0.25) is 9.69 Å². The molecule has 0 radical (unpaired) electrons. The number of benzene rings is 2. The van der Waals surface area contributed by atoms with E-state index in [-0.39, 0.29) is 11.9 Å². The average molecular weight is 341 g/mol. The summed E-state index contributed by atoms with van der Waals surface area (Å²) in [6.45, 7) is 1.95. The summed E-state index contributed by atoms with van der Waals surface area (Å²) in [6, 6.07) is 18.3. The number of carbonyl (C=O) groups excluding carboxylic acids is 1. The number of nitrogens with one attached hydrogen (secondary N) is 1. The molecule has 2 atom stereocenters. The molecular weight excluding hydrogens is 318 g/mol. The van der Waals surface area contributed by atoms with Crippen molar-refractivity contribution in [3.8, 4) is 0 Å². The first-order valence-corrected chi connectivity index (χ1v) is 9.35. The first kappa shape index (κ1) is 17.0. The molecule has 0 bridgehead atoms. The van der Waals surface area contributed by atoms with Crippen LogP contribution in [0.25, 0.3) is 0 Å². The third-order valence-electron chi connectivity index (χ3n) is 4.39. The lowest BCUT2D eigenvalue weighted by Gasteiger charge is -2.16. The van der Waals surface area contributed by atoms with Gasteiger partial charge in [0.05, 0.1) is 6.54 Å². The molecule has 24 heavy (non-hydrogen) atoms. The fourth-order valence-corrected chi connectivity index (χ4v) is 3.66. The average Bonchev–Trinajstić information content (AvgIpc) is 2.96. The Morgan fingerprint density at radius 1 is 1.21 bits per heavy atom. The molecule has 1 fully saturated rings. The van der Waals surface area contributed by atoms with E-state index in [4.69, 9.17) is 5.73 Å². The van der Waals surface area contributed by atoms with Crippen molar-refractivity contribution >= 4 is 23.4 Å². The first-order valence-electron chi connectivity index (χ1n) is 8.12. The summed E-state index contributed by atoms with van der Waals surface area (Å²) >= 11 is 1.66. The number of hydrogen-bond acceptors (Lipinski definition) is 4. The van der Waals surface area contributed by atoms with Crippen molar-refractivity contribution < 1.29 is 4.79 Å². The van der Waals surface area contributed by atoms with Crippen LogP contribution in [0, 0.1) is 0 Å². The Morgan fingerprint density at radius 2 is 2.00 bits per heavy atom. The fraction of sp³-hybridized carbons (Fsp3) is 0.316. The Balaban J connectivity index is 1.57. The normalized spacial score (nSPS) is 20.9. The van der Waals surface area contributed by atoms with Crippen LogP contribution in [-0.4, -0.2) is 42.7 Å². The maximum atomic E-state index is 12.3. The van der Waals surface area contributed by atoms with E-state index in [1.165, 1.54) is 5.56 Å². The van der Waals surface area contributed by atoms with Crippen LogP contribution in [-0.2, 0) is 4.79 Å². The van der Waals surface area contributed by atoms with Gasteiger partial charge in [-0.05, 0) is 30.0 Å². The molecule has 3 rings (SSSR count). The summed E-state index contributed by atoms with van der Waals surface area (Å²) in [7, 11) is 0. The topological polar surface area (TPSA) is 58.4 Å². The molecule has 2 aromatic rings. The highest BCUT2D eigenvalue weighted by molar-refractivity contribution is 7.98. The Hall–Kier alpha value is -1.82. The lowest BCUT2D eigenvalue weighted by molar-refractivity contribution is -0.117. The number of amides is 1. The molecule has 3 N–H and O–H groups in total. The third-order valence-corrected chi connectivity index (χ3v) is 5.11. The molecule has 5 heteroatoms. The van der Waals surface area contributed by atoms with Gasteiger partial charge < -0.3 is 11.1 Å². The van der Waals surface area contributed by atoms with Gasteiger partial charge in [-0.1, -0.05) is 36.4 Å². The quantitative estimate of drug-likeness (QED) is 0.821. The molecule has 1 saturated heterocycles. The Labute approximate surface area is 147 Å². The summed E-state index contributed by atoms with van der Waals surface area (Å²) in [6.07, 6.45) is 2.02. The van der Waals surface area contributed by atoms with Gasteiger partial charge in [-0.15, -0.1) is 11.8 Å². The number of nitrogens with two attached hydrogens (primary N) is 1. The van der Waals surface area contributed by atoms with E-state index in [9.17, 15) is 4.79 Å². The second-order valence-corrected chi connectivity index (χ2v) is 7.03. The number of rotatable bonds is 5. The van der Waals surface area contributed by atoms with E-state index < -0.39 is 0 Å². The van der Waals surface area contributed by atoms with E-state index in [1.807, 2.05) is 48.7 Å². The van der Waals surface area contributed by atoms with Crippen molar-refractivity contribution in [1.29, 1.82) is 0 Å². The van der Waals surface area contributed by atoms with E-state index >= 15 is 0 Å². The van der Waals surface area contributed by atoms with Gasteiger partial charge in [0.2, 0.25) is 5.91 Å². The molecule has 0 spiro atoms. The van der Waals surface area contributed by atoms with Crippen molar-refractivity contribution in [2.75, 3.05) is 31.2 Å². The second-order valence-electron chi connectivity index (χ2n) is 6.16. The number of likely N-dealkylation sites (tertiary alicyclic amines) is 1. The monoisotopic (exact) mass is 341 g/mol. The summed E-state index contributed by atoms with van der Waals surface area (Å²) in [5, 5.41) is 2.98. The summed E-state index contributed by atoms with van der Waals surface area (Å²) in [5.41, 5.74) is 8.38. The van der Waals surface area contributed by atoms with Gasteiger partial charge in [0.25, 0.3) is 0 Å². The smallest absolute Gasteiger partial charge is 0.238 e. The van der Waals surface area contributed by atoms with Crippen molar-refractivity contribution in [3.63, 3.8) is 0 Å². The van der Waals surface area contributed by atoms with Gasteiger partial charge in [0.1, 0.15) is 0 Å². The van der Waals surface area contributed by atoms with Gasteiger partial charge >= 0.3 is 0 Å². The number of carbonyl (C=O) groups is 1. The minimum absolute atomic E-state index is 0.00849. The van der Waals surface area contributed by atoms with Crippen LogP contribution in [0.4, 0.5) is 5.69 Å². The summed E-state index contributed by atoms with van der Waals surface area (Å²) in [5.74, 6) is 0.299. The van der Waals surface area contributed by atoms with E-state index in [0.29, 0.717) is 12.5 Å². The molecule has 0 saturated carbocycles. The van der Waals surface area contributed by atoms with E-state index in [2.05, 4.69) is 22.3 Å². The first-order chi connectivity index (χ1) is 11.7. The molecule has 4 nitrogen and oxygen atoms in total.